The Labute approximate surface area is 123 Å². The van der Waals surface area contributed by atoms with Crippen LogP contribution in [0.3, 0.4) is 0 Å². The van der Waals surface area contributed by atoms with Crippen LogP contribution in [-0.4, -0.2) is 37.6 Å². The van der Waals surface area contributed by atoms with E-state index in [1.54, 1.807) is 31.4 Å². The molecular formula is C15H18N2O4. The summed E-state index contributed by atoms with van der Waals surface area (Å²) in [6, 6.07) is 4.87. The molecule has 112 valence electrons. The van der Waals surface area contributed by atoms with Gasteiger partial charge < -0.3 is 14.8 Å². The van der Waals surface area contributed by atoms with Crippen molar-refractivity contribution in [1.29, 1.82) is 0 Å². The largest absolute Gasteiger partial charge is 0.497 e. The van der Waals surface area contributed by atoms with Gasteiger partial charge in [-0.05, 0) is 24.6 Å². The molecule has 6 heteroatoms. The molecule has 0 saturated carbocycles. The van der Waals surface area contributed by atoms with Crippen LogP contribution in [0.25, 0.3) is 6.08 Å². The molecule has 1 aromatic rings. The van der Waals surface area contributed by atoms with Crippen LogP contribution in [0.1, 0.15) is 18.9 Å². The number of urea groups is 1. The first-order valence-electron chi connectivity index (χ1n) is 6.67. The first-order valence-corrected chi connectivity index (χ1v) is 6.67. The van der Waals surface area contributed by atoms with Crippen molar-refractivity contribution >= 4 is 18.0 Å². The molecule has 0 unspecified atom stereocenters. The number of rotatable bonds is 5. The van der Waals surface area contributed by atoms with Crippen LogP contribution < -0.4 is 14.8 Å². The van der Waals surface area contributed by atoms with Gasteiger partial charge >= 0.3 is 6.03 Å². The zero-order chi connectivity index (χ0) is 15.4. The quantitative estimate of drug-likeness (QED) is 0.665. The Morgan fingerprint density at radius 3 is 2.62 bits per heavy atom. The van der Waals surface area contributed by atoms with Crippen molar-refractivity contribution in [2.24, 2.45) is 0 Å². The van der Waals surface area contributed by atoms with E-state index in [2.05, 4.69) is 5.32 Å². The minimum atomic E-state index is -0.388. The van der Waals surface area contributed by atoms with Crippen molar-refractivity contribution in [2.75, 3.05) is 20.8 Å². The van der Waals surface area contributed by atoms with Crippen LogP contribution in [-0.2, 0) is 4.79 Å². The van der Waals surface area contributed by atoms with Gasteiger partial charge in [0.05, 0.1) is 14.2 Å². The molecule has 2 rings (SSSR count). The average molecular weight is 290 g/mol. The second-order valence-corrected chi connectivity index (χ2v) is 4.55. The zero-order valence-corrected chi connectivity index (χ0v) is 12.3. The minimum Gasteiger partial charge on any atom is -0.497 e. The standard InChI is InChI=1S/C15H18N2O4/c1-4-7-17-14(18)12(16-15(17)19)8-10-5-6-11(20-2)9-13(10)21-3/h5-6,8-9H,4,7H2,1-3H3,(H,16,19)/b12-8+. The fourth-order valence-electron chi connectivity index (χ4n) is 2.09. The molecule has 21 heavy (non-hydrogen) atoms. The van der Waals surface area contributed by atoms with Crippen molar-refractivity contribution in [1.82, 2.24) is 10.2 Å². The molecule has 1 saturated heterocycles. The third kappa shape index (κ3) is 2.99. The highest BCUT2D eigenvalue weighted by molar-refractivity contribution is 6.14. The Kier molecular flexibility index (Phi) is 4.47. The number of benzene rings is 1. The summed E-state index contributed by atoms with van der Waals surface area (Å²) < 4.78 is 10.4. The van der Waals surface area contributed by atoms with Crippen LogP contribution in [0.5, 0.6) is 11.5 Å². The van der Waals surface area contributed by atoms with Gasteiger partial charge in [0, 0.05) is 18.2 Å². The van der Waals surface area contributed by atoms with E-state index in [1.165, 1.54) is 12.0 Å². The molecule has 1 N–H and O–H groups in total. The van der Waals surface area contributed by atoms with E-state index < -0.39 is 0 Å². The third-order valence-electron chi connectivity index (χ3n) is 3.15. The summed E-state index contributed by atoms with van der Waals surface area (Å²) >= 11 is 0. The monoisotopic (exact) mass is 290 g/mol. The number of ether oxygens (including phenoxy) is 2. The smallest absolute Gasteiger partial charge is 0.329 e. The number of hydrogen-bond donors (Lipinski definition) is 1. The van der Waals surface area contributed by atoms with Crippen molar-refractivity contribution < 1.29 is 19.1 Å². The highest BCUT2D eigenvalue weighted by Crippen LogP contribution is 2.27. The van der Waals surface area contributed by atoms with Crippen LogP contribution >= 0.6 is 0 Å². The van der Waals surface area contributed by atoms with Gasteiger partial charge in [-0.1, -0.05) is 6.92 Å². The van der Waals surface area contributed by atoms with E-state index in [9.17, 15) is 9.59 Å². The molecule has 1 fully saturated rings. The number of nitrogens with zero attached hydrogens (tertiary/aromatic N) is 1. The zero-order valence-electron chi connectivity index (χ0n) is 12.3. The fourth-order valence-corrected chi connectivity index (χ4v) is 2.09. The number of carbonyl (C=O) groups is 2. The summed E-state index contributed by atoms with van der Waals surface area (Å²) in [5.41, 5.74) is 0.942. The van der Waals surface area contributed by atoms with Gasteiger partial charge in [0.2, 0.25) is 0 Å². The minimum absolute atomic E-state index is 0.247. The lowest BCUT2D eigenvalue weighted by Gasteiger charge is -2.09. The molecule has 1 heterocycles. The van der Waals surface area contributed by atoms with Crippen LogP contribution in [0.2, 0.25) is 0 Å². The summed E-state index contributed by atoms with van der Waals surface area (Å²) in [6.07, 6.45) is 2.33. The van der Waals surface area contributed by atoms with Gasteiger partial charge in [-0.3, -0.25) is 9.69 Å². The van der Waals surface area contributed by atoms with E-state index in [-0.39, 0.29) is 17.6 Å². The number of imide groups is 1. The van der Waals surface area contributed by atoms with Gasteiger partial charge in [0.1, 0.15) is 17.2 Å². The molecule has 1 aliphatic rings. The maximum absolute atomic E-state index is 12.1. The summed E-state index contributed by atoms with van der Waals surface area (Å²) in [5, 5.41) is 2.58. The molecule has 1 aliphatic heterocycles. The molecule has 6 nitrogen and oxygen atoms in total. The van der Waals surface area contributed by atoms with Crippen molar-refractivity contribution in [3.63, 3.8) is 0 Å². The van der Waals surface area contributed by atoms with Crippen LogP contribution in [0, 0.1) is 0 Å². The SMILES string of the molecule is CCCN1C(=O)N/C(=C/c2ccc(OC)cc2OC)C1=O. The highest BCUT2D eigenvalue weighted by Gasteiger charge is 2.32. The van der Waals surface area contributed by atoms with Crippen LogP contribution in [0.4, 0.5) is 4.79 Å². The number of nitrogens with one attached hydrogen (secondary N) is 1. The first kappa shape index (κ1) is 14.9. The predicted molar refractivity (Wildman–Crippen MR) is 78.1 cm³/mol. The van der Waals surface area contributed by atoms with E-state index >= 15 is 0 Å². The summed E-state index contributed by atoms with van der Waals surface area (Å²) in [4.78, 5) is 25.1. The Hall–Kier alpha value is -2.50. The van der Waals surface area contributed by atoms with Gasteiger partial charge in [0.15, 0.2) is 0 Å². The summed E-state index contributed by atoms with van der Waals surface area (Å²) in [7, 11) is 3.10. The first-order chi connectivity index (χ1) is 10.1. The van der Waals surface area contributed by atoms with Crippen molar-refractivity contribution in [3.8, 4) is 11.5 Å². The molecular weight excluding hydrogens is 272 g/mol. The fraction of sp³-hybridized carbons (Fsp3) is 0.333. The predicted octanol–water partition coefficient (Wildman–Crippen LogP) is 2.01. The summed E-state index contributed by atoms with van der Waals surface area (Å²) in [5.74, 6) is 0.904. The van der Waals surface area contributed by atoms with Gasteiger partial charge in [0.25, 0.3) is 5.91 Å². The number of carbonyl (C=O) groups excluding carboxylic acids is 2. The highest BCUT2D eigenvalue weighted by atomic mass is 16.5. The number of hydrogen-bond acceptors (Lipinski definition) is 4. The molecule has 0 spiro atoms. The van der Waals surface area contributed by atoms with Gasteiger partial charge in [-0.15, -0.1) is 0 Å². The lowest BCUT2D eigenvalue weighted by Crippen LogP contribution is -2.31. The molecule has 0 aliphatic carbocycles. The molecule has 0 bridgehead atoms. The second kappa shape index (κ2) is 6.30. The molecule has 0 aromatic heterocycles. The topological polar surface area (TPSA) is 67.9 Å². The molecule has 0 atom stereocenters. The van der Waals surface area contributed by atoms with E-state index in [0.29, 0.717) is 23.6 Å². The van der Waals surface area contributed by atoms with Crippen LogP contribution in [0.15, 0.2) is 23.9 Å². The van der Waals surface area contributed by atoms with E-state index in [1.807, 2.05) is 6.92 Å². The Balaban J connectivity index is 2.32. The number of amides is 3. The summed E-state index contributed by atoms with van der Waals surface area (Å²) in [6.45, 7) is 2.32. The van der Waals surface area contributed by atoms with E-state index in [4.69, 9.17) is 9.47 Å². The second-order valence-electron chi connectivity index (χ2n) is 4.55. The lowest BCUT2D eigenvalue weighted by atomic mass is 10.1. The Morgan fingerprint density at radius 1 is 1.24 bits per heavy atom. The average Bonchev–Trinajstić information content (AvgIpc) is 2.75. The van der Waals surface area contributed by atoms with Crippen molar-refractivity contribution in [3.05, 3.63) is 29.5 Å². The maximum atomic E-state index is 12.1. The molecule has 0 radical (unpaired) electrons. The molecule has 3 amide bonds. The van der Waals surface area contributed by atoms with Gasteiger partial charge in [-0.25, -0.2) is 4.79 Å². The lowest BCUT2D eigenvalue weighted by molar-refractivity contribution is -0.122. The maximum Gasteiger partial charge on any atom is 0.329 e. The Morgan fingerprint density at radius 2 is 2.00 bits per heavy atom. The number of methoxy groups -OCH3 is 2. The van der Waals surface area contributed by atoms with Gasteiger partial charge in [-0.2, -0.15) is 0 Å². The molecule has 1 aromatic carbocycles. The Bertz CT molecular complexity index is 595. The van der Waals surface area contributed by atoms with E-state index in [0.717, 1.165) is 6.42 Å². The van der Waals surface area contributed by atoms with Crippen molar-refractivity contribution in [2.45, 2.75) is 13.3 Å². The normalized spacial score (nSPS) is 16.3. The third-order valence-corrected chi connectivity index (χ3v) is 3.15.